The van der Waals surface area contributed by atoms with Crippen LogP contribution in [-0.2, 0) is 6.42 Å². The Morgan fingerprint density at radius 1 is 1.33 bits per heavy atom. The van der Waals surface area contributed by atoms with Crippen molar-refractivity contribution in [1.29, 1.82) is 0 Å². The molecule has 63 valence electrons. The molecule has 0 unspecified atom stereocenters. The van der Waals surface area contributed by atoms with Crippen molar-refractivity contribution in [3.8, 4) is 0 Å². The summed E-state index contributed by atoms with van der Waals surface area (Å²) in [4.78, 5) is 0. The maximum absolute atomic E-state index is 3.21. The van der Waals surface area contributed by atoms with Crippen molar-refractivity contribution in [2.45, 2.75) is 26.2 Å². The predicted octanol–water partition coefficient (Wildman–Crippen LogP) is 3.39. The summed E-state index contributed by atoms with van der Waals surface area (Å²) in [7, 11) is 0. The predicted molar refractivity (Wildman–Crippen MR) is 53.0 cm³/mol. The Balaban J connectivity index is 2.29. The van der Waals surface area contributed by atoms with E-state index in [1.807, 2.05) is 12.1 Å². The summed E-state index contributed by atoms with van der Waals surface area (Å²) in [5.74, 6) is 0. The van der Waals surface area contributed by atoms with E-state index in [1.165, 1.54) is 5.56 Å². The van der Waals surface area contributed by atoms with Gasteiger partial charge in [0, 0.05) is 0 Å². The van der Waals surface area contributed by atoms with Crippen molar-refractivity contribution < 1.29 is 0 Å². The molecule has 0 saturated heterocycles. The molecule has 0 heteroatoms. The molecule has 0 heterocycles. The standard InChI is InChI=1S/C12H15/c1-2-3-4-6-9-12-10-7-5-8-11-12/h3-5,7-8,10H,2,6,9H2,1H3/b4-3-. The van der Waals surface area contributed by atoms with Gasteiger partial charge < -0.3 is 0 Å². The molecule has 1 rings (SSSR count). The number of allylic oxidation sites excluding steroid dienone is 2. The minimum absolute atomic E-state index is 1.11. The van der Waals surface area contributed by atoms with Gasteiger partial charge >= 0.3 is 0 Å². The van der Waals surface area contributed by atoms with Gasteiger partial charge in [-0.3, -0.25) is 0 Å². The van der Waals surface area contributed by atoms with Crippen molar-refractivity contribution in [3.63, 3.8) is 0 Å². The number of hydrogen-bond donors (Lipinski definition) is 0. The molecule has 1 aromatic carbocycles. The highest BCUT2D eigenvalue weighted by molar-refractivity contribution is 5.13. The average molecular weight is 159 g/mol. The zero-order valence-corrected chi connectivity index (χ0v) is 7.59. The lowest BCUT2D eigenvalue weighted by Gasteiger charge is -1.94. The zero-order chi connectivity index (χ0) is 8.65. The SMILES string of the molecule is CC/C=C\CCc1[c]cccc1. The van der Waals surface area contributed by atoms with Gasteiger partial charge in [0.25, 0.3) is 0 Å². The van der Waals surface area contributed by atoms with Gasteiger partial charge in [-0.15, -0.1) is 0 Å². The molecule has 0 spiro atoms. The van der Waals surface area contributed by atoms with Gasteiger partial charge in [-0.05, 0) is 30.9 Å². The second-order valence-electron chi connectivity index (χ2n) is 2.81. The minimum atomic E-state index is 1.11. The van der Waals surface area contributed by atoms with E-state index in [4.69, 9.17) is 0 Å². The molecule has 0 aromatic heterocycles. The van der Waals surface area contributed by atoms with E-state index in [0.717, 1.165) is 19.3 Å². The number of aryl methyl sites for hydroxylation is 1. The van der Waals surface area contributed by atoms with Crippen molar-refractivity contribution in [1.82, 2.24) is 0 Å². The number of hydrogen-bond acceptors (Lipinski definition) is 0. The molecule has 0 amide bonds. The van der Waals surface area contributed by atoms with Crippen LogP contribution in [0.4, 0.5) is 0 Å². The van der Waals surface area contributed by atoms with Crippen LogP contribution in [0, 0.1) is 6.07 Å². The van der Waals surface area contributed by atoms with Gasteiger partial charge in [0.15, 0.2) is 0 Å². The normalized spacial score (nSPS) is 10.8. The van der Waals surface area contributed by atoms with Gasteiger partial charge in [0.05, 0.1) is 0 Å². The van der Waals surface area contributed by atoms with Crippen LogP contribution in [0.1, 0.15) is 25.3 Å². The minimum Gasteiger partial charge on any atom is -0.0888 e. The highest BCUT2D eigenvalue weighted by Crippen LogP contribution is 2.01. The highest BCUT2D eigenvalue weighted by Gasteiger charge is 1.87. The summed E-state index contributed by atoms with van der Waals surface area (Å²) in [5.41, 5.74) is 1.30. The summed E-state index contributed by atoms with van der Waals surface area (Å²) < 4.78 is 0. The molecule has 1 radical (unpaired) electrons. The van der Waals surface area contributed by atoms with E-state index in [0.29, 0.717) is 0 Å². The Labute approximate surface area is 74.9 Å². The monoisotopic (exact) mass is 159 g/mol. The molecule has 0 bridgehead atoms. The van der Waals surface area contributed by atoms with Crippen LogP contribution in [-0.4, -0.2) is 0 Å². The van der Waals surface area contributed by atoms with Crippen molar-refractivity contribution in [2.24, 2.45) is 0 Å². The maximum atomic E-state index is 3.21. The molecule has 12 heavy (non-hydrogen) atoms. The highest BCUT2D eigenvalue weighted by atomic mass is 13.9. The summed E-state index contributed by atoms with van der Waals surface area (Å²) in [5, 5.41) is 0. The molecule has 0 atom stereocenters. The zero-order valence-electron chi connectivity index (χ0n) is 7.59. The third-order valence-corrected chi connectivity index (χ3v) is 1.76. The van der Waals surface area contributed by atoms with Crippen LogP contribution < -0.4 is 0 Å². The summed E-state index contributed by atoms with van der Waals surface area (Å²) in [6.07, 6.45) is 7.83. The first-order valence-corrected chi connectivity index (χ1v) is 4.54. The fourth-order valence-corrected chi connectivity index (χ4v) is 1.11. The lowest BCUT2D eigenvalue weighted by atomic mass is 10.1. The molecular formula is C12H15. The van der Waals surface area contributed by atoms with Crippen LogP contribution >= 0.6 is 0 Å². The number of rotatable bonds is 4. The molecule has 0 N–H and O–H groups in total. The van der Waals surface area contributed by atoms with Crippen LogP contribution in [0.2, 0.25) is 0 Å². The van der Waals surface area contributed by atoms with Crippen LogP contribution in [0.5, 0.6) is 0 Å². The lowest BCUT2D eigenvalue weighted by molar-refractivity contribution is 0.990. The Morgan fingerprint density at radius 3 is 2.92 bits per heavy atom. The molecule has 0 aliphatic carbocycles. The van der Waals surface area contributed by atoms with Crippen molar-refractivity contribution in [2.75, 3.05) is 0 Å². The molecule has 0 aliphatic heterocycles. The van der Waals surface area contributed by atoms with Crippen LogP contribution in [0.15, 0.2) is 36.4 Å². The smallest absolute Gasteiger partial charge is 0.0149 e. The summed E-state index contributed by atoms with van der Waals surface area (Å²) in [6.45, 7) is 2.16. The van der Waals surface area contributed by atoms with E-state index in [1.54, 1.807) is 0 Å². The maximum Gasteiger partial charge on any atom is -0.0149 e. The van der Waals surface area contributed by atoms with E-state index < -0.39 is 0 Å². The molecule has 0 saturated carbocycles. The summed E-state index contributed by atoms with van der Waals surface area (Å²) in [6, 6.07) is 11.4. The molecular weight excluding hydrogens is 144 g/mol. The van der Waals surface area contributed by atoms with Gasteiger partial charge in [-0.25, -0.2) is 0 Å². The first kappa shape index (κ1) is 9.05. The van der Waals surface area contributed by atoms with E-state index in [9.17, 15) is 0 Å². The molecule has 0 nitrogen and oxygen atoms in total. The van der Waals surface area contributed by atoms with E-state index in [2.05, 4.69) is 37.3 Å². The van der Waals surface area contributed by atoms with Crippen molar-refractivity contribution >= 4 is 0 Å². The van der Waals surface area contributed by atoms with Crippen molar-refractivity contribution in [3.05, 3.63) is 48.0 Å². The summed E-state index contributed by atoms with van der Waals surface area (Å²) >= 11 is 0. The van der Waals surface area contributed by atoms with Gasteiger partial charge in [0.1, 0.15) is 0 Å². The molecule has 0 fully saturated rings. The Morgan fingerprint density at radius 2 is 2.25 bits per heavy atom. The number of benzene rings is 1. The second-order valence-corrected chi connectivity index (χ2v) is 2.81. The fraction of sp³-hybridized carbons (Fsp3) is 0.333. The van der Waals surface area contributed by atoms with Gasteiger partial charge in [0.2, 0.25) is 0 Å². The Kier molecular flexibility index (Phi) is 4.22. The fourth-order valence-electron chi connectivity index (χ4n) is 1.11. The largest absolute Gasteiger partial charge is 0.0888 e. The topological polar surface area (TPSA) is 0 Å². The van der Waals surface area contributed by atoms with E-state index >= 15 is 0 Å². The first-order chi connectivity index (χ1) is 5.93. The van der Waals surface area contributed by atoms with Crippen LogP contribution in [0.25, 0.3) is 0 Å². The van der Waals surface area contributed by atoms with Crippen LogP contribution in [0.3, 0.4) is 0 Å². The first-order valence-electron chi connectivity index (χ1n) is 4.54. The Bertz CT molecular complexity index is 221. The van der Waals surface area contributed by atoms with E-state index in [-0.39, 0.29) is 0 Å². The quantitative estimate of drug-likeness (QED) is 0.591. The van der Waals surface area contributed by atoms with Gasteiger partial charge in [-0.1, -0.05) is 43.3 Å². The molecule has 1 aromatic rings. The second kappa shape index (κ2) is 5.59. The lowest BCUT2D eigenvalue weighted by Crippen LogP contribution is -1.81. The third kappa shape index (κ3) is 3.38. The third-order valence-electron chi connectivity index (χ3n) is 1.76. The molecule has 0 aliphatic rings. The Hall–Kier alpha value is -1.04. The van der Waals surface area contributed by atoms with Gasteiger partial charge in [-0.2, -0.15) is 0 Å². The average Bonchev–Trinajstić information content (AvgIpc) is 2.14.